The summed E-state index contributed by atoms with van der Waals surface area (Å²) < 4.78 is 0.723. The lowest BCUT2D eigenvalue weighted by Gasteiger charge is -2.33. The van der Waals surface area contributed by atoms with E-state index in [0.29, 0.717) is 12.2 Å². The Hall–Kier alpha value is -1.05. The molecule has 1 saturated heterocycles. The fourth-order valence-electron chi connectivity index (χ4n) is 2.09. The Labute approximate surface area is 136 Å². The maximum Gasteiger partial charge on any atom is 0.249 e. The van der Waals surface area contributed by atoms with Gasteiger partial charge in [-0.05, 0) is 18.6 Å². The summed E-state index contributed by atoms with van der Waals surface area (Å²) in [6.07, 6.45) is 0.496. The van der Waals surface area contributed by atoms with Crippen molar-refractivity contribution < 1.29 is 14.4 Å². The van der Waals surface area contributed by atoms with Gasteiger partial charge in [0.25, 0.3) is 0 Å². The van der Waals surface area contributed by atoms with Crippen LogP contribution in [0.1, 0.15) is 18.2 Å². The van der Waals surface area contributed by atoms with Crippen LogP contribution >= 0.6 is 34.7 Å². The largest absolute Gasteiger partial charge is 0.321 e. The molecule has 1 fully saturated rings. The molecule has 8 heteroatoms. The SMILES string of the molecule is CCC1C(=O)NC(=O)CN1C(=O)CSCc1ccc(Cl)s1. The van der Waals surface area contributed by atoms with Gasteiger partial charge in [-0.3, -0.25) is 19.7 Å². The van der Waals surface area contributed by atoms with Crippen LogP contribution in [0.2, 0.25) is 4.34 Å². The second kappa shape index (κ2) is 7.29. The molecule has 0 aliphatic carbocycles. The number of thioether (sulfide) groups is 1. The van der Waals surface area contributed by atoms with Crippen molar-refractivity contribution in [2.45, 2.75) is 25.1 Å². The number of piperazine rings is 1. The van der Waals surface area contributed by atoms with Gasteiger partial charge in [0.2, 0.25) is 17.7 Å². The van der Waals surface area contributed by atoms with Crippen molar-refractivity contribution in [3.63, 3.8) is 0 Å². The third-order valence-corrected chi connectivity index (χ3v) is 5.44. The van der Waals surface area contributed by atoms with E-state index in [4.69, 9.17) is 11.6 Å². The lowest BCUT2D eigenvalue weighted by atomic mass is 10.1. The number of carbonyl (C=O) groups is 3. The Morgan fingerprint density at radius 2 is 2.29 bits per heavy atom. The fraction of sp³-hybridized carbons (Fsp3) is 0.462. The molecule has 2 rings (SSSR count). The second-order valence-electron chi connectivity index (χ2n) is 4.56. The predicted octanol–water partition coefficient (Wildman–Crippen LogP) is 1.90. The van der Waals surface area contributed by atoms with Crippen LogP contribution in [0.3, 0.4) is 0 Å². The number of nitrogens with zero attached hydrogens (tertiary/aromatic N) is 1. The Morgan fingerprint density at radius 3 is 2.90 bits per heavy atom. The van der Waals surface area contributed by atoms with E-state index in [2.05, 4.69) is 5.32 Å². The summed E-state index contributed by atoms with van der Waals surface area (Å²) >= 11 is 8.78. The minimum Gasteiger partial charge on any atom is -0.321 e. The third kappa shape index (κ3) is 4.21. The van der Waals surface area contributed by atoms with Crippen molar-refractivity contribution in [1.29, 1.82) is 0 Å². The van der Waals surface area contributed by atoms with Crippen LogP contribution in [0.15, 0.2) is 12.1 Å². The topological polar surface area (TPSA) is 66.5 Å². The first kappa shape index (κ1) is 16.3. The van der Waals surface area contributed by atoms with E-state index in [1.165, 1.54) is 28.0 Å². The molecule has 1 aromatic rings. The molecular weight excluding hydrogens is 332 g/mol. The van der Waals surface area contributed by atoms with Gasteiger partial charge in [-0.25, -0.2) is 0 Å². The Balaban J connectivity index is 1.89. The molecule has 0 saturated carbocycles. The number of nitrogens with one attached hydrogen (secondary N) is 1. The van der Waals surface area contributed by atoms with E-state index in [1.54, 1.807) is 0 Å². The second-order valence-corrected chi connectivity index (χ2v) is 7.34. The number of thiophene rings is 1. The first-order chi connectivity index (χ1) is 10.0. The lowest BCUT2D eigenvalue weighted by Crippen LogP contribution is -2.59. The first-order valence-corrected chi connectivity index (χ1v) is 8.81. The molecule has 1 atom stereocenters. The van der Waals surface area contributed by atoms with Crippen molar-refractivity contribution >= 4 is 52.4 Å². The maximum atomic E-state index is 12.2. The fourth-order valence-corrected chi connectivity index (χ4v) is 4.19. The molecule has 1 aromatic heterocycles. The molecule has 0 bridgehead atoms. The van der Waals surface area contributed by atoms with Crippen molar-refractivity contribution in [2.24, 2.45) is 0 Å². The zero-order valence-corrected chi connectivity index (χ0v) is 13.8. The number of carbonyl (C=O) groups excluding carboxylic acids is 3. The van der Waals surface area contributed by atoms with Gasteiger partial charge in [0, 0.05) is 10.6 Å². The maximum absolute atomic E-state index is 12.2. The van der Waals surface area contributed by atoms with Crippen LogP contribution in [-0.2, 0) is 20.1 Å². The summed E-state index contributed by atoms with van der Waals surface area (Å²) in [5.41, 5.74) is 0. The summed E-state index contributed by atoms with van der Waals surface area (Å²) in [5, 5.41) is 2.26. The zero-order chi connectivity index (χ0) is 15.4. The highest BCUT2D eigenvalue weighted by Gasteiger charge is 2.35. The molecule has 0 aromatic carbocycles. The van der Waals surface area contributed by atoms with Crippen molar-refractivity contribution in [3.8, 4) is 0 Å². The zero-order valence-electron chi connectivity index (χ0n) is 11.4. The number of rotatable bonds is 5. The number of hydrogen-bond acceptors (Lipinski definition) is 5. The van der Waals surface area contributed by atoms with Gasteiger partial charge in [0.1, 0.15) is 12.6 Å². The van der Waals surface area contributed by atoms with Crippen LogP contribution in [0, 0.1) is 0 Å². The van der Waals surface area contributed by atoms with Crippen LogP contribution in [-0.4, -0.2) is 41.0 Å². The van der Waals surface area contributed by atoms with Gasteiger partial charge in [-0.2, -0.15) is 0 Å². The number of amides is 3. The Bertz CT molecular complexity index is 561. The average molecular weight is 347 g/mol. The van der Waals surface area contributed by atoms with Gasteiger partial charge in [-0.1, -0.05) is 18.5 Å². The van der Waals surface area contributed by atoms with Gasteiger partial charge >= 0.3 is 0 Å². The van der Waals surface area contributed by atoms with E-state index in [1.807, 2.05) is 19.1 Å². The third-order valence-electron chi connectivity index (χ3n) is 3.06. The van der Waals surface area contributed by atoms with Crippen LogP contribution in [0.4, 0.5) is 0 Å². The molecule has 1 N–H and O–H groups in total. The molecule has 0 radical (unpaired) electrons. The van der Waals surface area contributed by atoms with Gasteiger partial charge in [-0.15, -0.1) is 23.1 Å². The van der Waals surface area contributed by atoms with E-state index in [9.17, 15) is 14.4 Å². The molecule has 1 aliphatic rings. The van der Waals surface area contributed by atoms with E-state index < -0.39 is 17.9 Å². The Kier molecular flexibility index (Phi) is 5.66. The first-order valence-electron chi connectivity index (χ1n) is 6.46. The van der Waals surface area contributed by atoms with Crippen molar-refractivity contribution in [2.75, 3.05) is 12.3 Å². The van der Waals surface area contributed by atoms with E-state index >= 15 is 0 Å². The quantitative estimate of drug-likeness (QED) is 0.827. The molecule has 3 amide bonds. The van der Waals surface area contributed by atoms with Gasteiger partial charge in [0.15, 0.2) is 0 Å². The monoisotopic (exact) mass is 346 g/mol. The molecule has 21 heavy (non-hydrogen) atoms. The summed E-state index contributed by atoms with van der Waals surface area (Å²) in [7, 11) is 0. The molecule has 1 aliphatic heterocycles. The van der Waals surface area contributed by atoms with Crippen LogP contribution in [0.25, 0.3) is 0 Å². The van der Waals surface area contributed by atoms with E-state index in [-0.39, 0.29) is 18.2 Å². The Morgan fingerprint density at radius 1 is 1.52 bits per heavy atom. The lowest BCUT2D eigenvalue weighted by molar-refractivity contribution is -0.148. The van der Waals surface area contributed by atoms with Crippen molar-refractivity contribution in [3.05, 3.63) is 21.3 Å². The van der Waals surface area contributed by atoms with Gasteiger partial charge in [0.05, 0.1) is 10.1 Å². The molecular formula is C13H15ClN2O3S2. The van der Waals surface area contributed by atoms with Crippen molar-refractivity contribution in [1.82, 2.24) is 10.2 Å². The minimum atomic E-state index is -0.549. The highest BCUT2D eigenvalue weighted by Crippen LogP contribution is 2.25. The number of halogens is 1. The molecule has 5 nitrogen and oxygen atoms in total. The molecule has 0 spiro atoms. The molecule has 114 valence electrons. The summed E-state index contributed by atoms with van der Waals surface area (Å²) in [6, 6.07) is 3.20. The van der Waals surface area contributed by atoms with Gasteiger partial charge < -0.3 is 4.90 Å². The highest BCUT2D eigenvalue weighted by molar-refractivity contribution is 7.99. The number of hydrogen-bond donors (Lipinski definition) is 1. The predicted molar refractivity (Wildman–Crippen MR) is 84.4 cm³/mol. The average Bonchev–Trinajstić information content (AvgIpc) is 2.83. The van der Waals surface area contributed by atoms with Crippen LogP contribution < -0.4 is 5.32 Å². The smallest absolute Gasteiger partial charge is 0.249 e. The van der Waals surface area contributed by atoms with Crippen LogP contribution in [0.5, 0.6) is 0 Å². The normalized spacial score (nSPS) is 18.8. The molecule has 2 heterocycles. The standard InChI is InChI=1S/C13H15ClN2O3S2/c1-2-9-13(19)15-11(17)5-16(9)12(18)7-20-6-8-3-4-10(14)21-8/h3-4,9H,2,5-7H2,1H3,(H,15,17,19). The minimum absolute atomic E-state index is 0.0472. The summed E-state index contributed by atoms with van der Waals surface area (Å²) in [5.74, 6) is -0.0663. The van der Waals surface area contributed by atoms with E-state index in [0.717, 1.165) is 9.21 Å². The molecule has 1 unspecified atom stereocenters. The summed E-state index contributed by atoms with van der Waals surface area (Å²) in [6.45, 7) is 1.77. The number of imide groups is 1. The highest BCUT2D eigenvalue weighted by atomic mass is 35.5. The summed E-state index contributed by atoms with van der Waals surface area (Å²) in [4.78, 5) is 37.8.